The number of nitrogens with one attached hydrogen (secondary N) is 1. The number of hydrogen-bond donors (Lipinski definition) is 2. The fourth-order valence-electron chi connectivity index (χ4n) is 1.71. The van der Waals surface area contributed by atoms with Gasteiger partial charge >= 0.3 is 0 Å². The molecule has 0 spiro atoms. The van der Waals surface area contributed by atoms with Crippen molar-refractivity contribution in [2.24, 2.45) is 0 Å². The molecule has 0 aliphatic rings. The van der Waals surface area contributed by atoms with Gasteiger partial charge in [0.1, 0.15) is 4.88 Å². The minimum Gasteiger partial charge on any atom is -0.387 e. The third-order valence-electron chi connectivity index (χ3n) is 2.79. The van der Waals surface area contributed by atoms with Gasteiger partial charge in [-0.3, -0.25) is 4.79 Å². The first kappa shape index (κ1) is 14.9. The first-order valence-electron chi connectivity index (χ1n) is 6.14. The number of aliphatic hydroxyl groups is 1. The van der Waals surface area contributed by atoms with Crippen LogP contribution >= 0.6 is 23.1 Å². The Balaban J connectivity index is 1.97. The van der Waals surface area contributed by atoms with Crippen LogP contribution in [0.2, 0.25) is 5.02 Å². The van der Waals surface area contributed by atoms with E-state index in [4.69, 9.17) is 11.6 Å². The van der Waals surface area contributed by atoms with Gasteiger partial charge in [-0.05, 0) is 35.6 Å². The molecular formula is C13H14ClN3O2S. The minimum atomic E-state index is -0.802. The Bertz CT molecular complexity index is 603. The smallest absolute Gasteiger partial charge is 0.265 e. The monoisotopic (exact) mass is 311 g/mol. The van der Waals surface area contributed by atoms with Crippen LogP contribution in [0.1, 0.15) is 34.0 Å². The van der Waals surface area contributed by atoms with E-state index in [1.165, 1.54) is 0 Å². The summed E-state index contributed by atoms with van der Waals surface area (Å²) in [5, 5.41) is 17.1. The highest BCUT2D eigenvalue weighted by atomic mass is 35.5. The van der Waals surface area contributed by atoms with Crippen molar-refractivity contribution in [2.75, 3.05) is 6.54 Å². The predicted molar refractivity (Wildman–Crippen MR) is 78.0 cm³/mol. The summed E-state index contributed by atoms with van der Waals surface area (Å²) in [6.07, 6.45) is -0.153. The summed E-state index contributed by atoms with van der Waals surface area (Å²) in [4.78, 5) is 12.5. The first-order valence-corrected chi connectivity index (χ1v) is 7.30. The molecule has 1 heterocycles. The molecule has 0 bridgehead atoms. The van der Waals surface area contributed by atoms with Gasteiger partial charge < -0.3 is 10.4 Å². The molecular weight excluding hydrogens is 298 g/mol. The Morgan fingerprint density at radius 1 is 1.55 bits per heavy atom. The van der Waals surface area contributed by atoms with E-state index in [-0.39, 0.29) is 12.5 Å². The van der Waals surface area contributed by atoms with Crippen LogP contribution in [0.5, 0.6) is 0 Å². The normalized spacial score (nSPS) is 12.2. The molecule has 0 saturated heterocycles. The van der Waals surface area contributed by atoms with Gasteiger partial charge in [-0.25, -0.2) is 0 Å². The standard InChI is InChI=1S/C13H14ClN3O2S/c1-2-10-12(20-17-16-10)13(19)15-7-11(18)8-4-3-5-9(14)6-8/h3-6,11,18H,2,7H2,1H3,(H,15,19)/t11-/m1/s1. The van der Waals surface area contributed by atoms with Crippen molar-refractivity contribution in [1.29, 1.82) is 0 Å². The van der Waals surface area contributed by atoms with Gasteiger partial charge in [0, 0.05) is 11.6 Å². The van der Waals surface area contributed by atoms with E-state index in [0.717, 1.165) is 11.5 Å². The highest BCUT2D eigenvalue weighted by molar-refractivity contribution is 7.08. The first-order chi connectivity index (χ1) is 9.61. The van der Waals surface area contributed by atoms with Crippen LogP contribution in [-0.2, 0) is 6.42 Å². The van der Waals surface area contributed by atoms with Crippen molar-refractivity contribution >= 4 is 29.0 Å². The number of amides is 1. The summed E-state index contributed by atoms with van der Waals surface area (Å²) in [6, 6.07) is 6.91. The number of aromatic nitrogens is 2. The molecule has 2 rings (SSSR count). The summed E-state index contributed by atoms with van der Waals surface area (Å²) >= 11 is 6.92. The quantitative estimate of drug-likeness (QED) is 0.888. The van der Waals surface area contributed by atoms with Gasteiger partial charge in [0.05, 0.1) is 11.8 Å². The summed E-state index contributed by atoms with van der Waals surface area (Å²) < 4.78 is 3.76. The third kappa shape index (κ3) is 3.53. The molecule has 1 amide bonds. The van der Waals surface area contributed by atoms with Gasteiger partial charge in [0.2, 0.25) is 0 Å². The van der Waals surface area contributed by atoms with Gasteiger partial charge in [-0.1, -0.05) is 35.1 Å². The van der Waals surface area contributed by atoms with E-state index >= 15 is 0 Å². The van der Waals surface area contributed by atoms with E-state index in [1.54, 1.807) is 24.3 Å². The van der Waals surface area contributed by atoms with Crippen molar-refractivity contribution in [3.8, 4) is 0 Å². The Morgan fingerprint density at radius 2 is 2.35 bits per heavy atom. The molecule has 1 aromatic carbocycles. The van der Waals surface area contributed by atoms with Crippen molar-refractivity contribution in [2.45, 2.75) is 19.4 Å². The molecule has 106 valence electrons. The lowest BCUT2D eigenvalue weighted by molar-refractivity contribution is 0.0919. The van der Waals surface area contributed by atoms with Crippen LogP contribution in [0, 0.1) is 0 Å². The highest BCUT2D eigenvalue weighted by Crippen LogP contribution is 2.17. The second-order valence-electron chi connectivity index (χ2n) is 4.18. The molecule has 1 atom stereocenters. The third-order valence-corrected chi connectivity index (χ3v) is 3.79. The van der Waals surface area contributed by atoms with Crippen LogP contribution in [-0.4, -0.2) is 27.1 Å². The van der Waals surface area contributed by atoms with Gasteiger partial charge in [0.25, 0.3) is 5.91 Å². The van der Waals surface area contributed by atoms with Crippen LogP contribution < -0.4 is 5.32 Å². The second kappa shape index (κ2) is 6.78. The molecule has 0 radical (unpaired) electrons. The Labute approximate surface area is 125 Å². The summed E-state index contributed by atoms with van der Waals surface area (Å²) in [6.45, 7) is 2.02. The molecule has 0 unspecified atom stereocenters. The second-order valence-corrected chi connectivity index (χ2v) is 5.37. The van der Waals surface area contributed by atoms with Crippen molar-refractivity contribution in [1.82, 2.24) is 14.9 Å². The molecule has 0 aliphatic carbocycles. The molecule has 2 aromatic rings. The van der Waals surface area contributed by atoms with Crippen molar-refractivity contribution < 1.29 is 9.90 Å². The maximum absolute atomic E-state index is 12.0. The molecule has 20 heavy (non-hydrogen) atoms. The van der Waals surface area contributed by atoms with Crippen LogP contribution in [0.4, 0.5) is 0 Å². The van der Waals surface area contributed by atoms with Gasteiger partial charge in [0.15, 0.2) is 0 Å². The van der Waals surface area contributed by atoms with Crippen LogP contribution in [0.3, 0.4) is 0 Å². The van der Waals surface area contributed by atoms with E-state index in [1.807, 2.05) is 6.92 Å². The Morgan fingerprint density at radius 3 is 3.05 bits per heavy atom. The average molecular weight is 312 g/mol. The molecule has 0 aliphatic heterocycles. The van der Waals surface area contributed by atoms with E-state index in [2.05, 4.69) is 14.9 Å². The SMILES string of the molecule is CCc1nnsc1C(=O)NC[C@@H](O)c1cccc(Cl)c1. The number of rotatable bonds is 5. The summed E-state index contributed by atoms with van der Waals surface area (Å²) in [5.41, 5.74) is 1.33. The van der Waals surface area contributed by atoms with Gasteiger partial charge in [-0.2, -0.15) is 0 Å². The van der Waals surface area contributed by atoms with E-state index in [9.17, 15) is 9.90 Å². The van der Waals surface area contributed by atoms with E-state index < -0.39 is 6.10 Å². The van der Waals surface area contributed by atoms with Crippen molar-refractivity contribution in [3.05, 3.63) is 45.4 Å². The summed E-state index contributed by atoms with van der Waals surface area (Å²) in [5.74, 6) is -0.266. The Kier molecular flexibility index (Phi) is 5.05. The lowest BCUT2D eigenvalue weighted by atomic mass is 10.1. The number of aliphatic hydroxyl groups excluding tert-OH is 1. The highest BCUT2D eigenvalue weighted by Gasteiger charge is 2.16. The zero-order chi connectivity index (χ0) is 14.5. The van der Waals surface area contributed by atoms with Gasteiger partial charge in [-0.15, -0.1) is 5.10 Å². The maximum atomic E-state index is 12.0. The van der Waals surface area contributed by atoms with Crippen LogP contribution in [0.25, 0.3) is 0 Å². The number of aryl methyl sites for hydroxylation is 1. The largest absolute Gasteiger partial charge is 0.387 e. The lowest BCUT2D eigenvalue weighted by Gasteiger charge is -2.12. The molecule has 2 N–H and O–H groups in total. The maximum Gasteiger partial charge on any atom is 0.265 e. The Hall–Kier alpha value is -1.50. The predicted octanol–water partition coefficient (Wildman–Crippen LogP) is 2.22. The lowest BCUT2D eigenvalue weighted by Crippen LogP contribution is -2.28. The number of carbonyl (C=O) groups excluding carboxylic acids is 1. The topological polar surface area (TPSA) is 75.1 Å². The zero-order valence-corrected chi connectivity index (χ0v) is 12.4. The molecule has 5 nitrogen and oxygen atoms in total. The van der Waals surface area contributed by atoms with Crippen molar-refractivity contribution in [3.63, 3.8) is 0 Å². The average Bonchev–Trinajstić information content (AvgIpc) is 2.92. The fourth-order valence-corrected chi connectivity index (χ4v) is 2.58. The summed E-state index contributed by atoms with van der Waals surface area (Å²) in [7, 11) is 0. The van der Waals surface area contributed by atoms with E-state index in [0.29, 0.717) is 27.6 Å². The fraction of sp³-hybridized carbons (Fsp3) is 0.308. The molecule has 0 saturated carbocycles. The number of nitrogens with zero attached hydrogens (tertiary/aromatic N) is 2. The molecule has 1 aromatic heterocycles. The minimum absolute atomic E-state index is 0.111. The number of halogens is 1. The van der Waals surface area contributed by atoms with Crippen LogP contribution in [0.15, 0.2) is 24.3 Å². The number of carbonyl (C=O) groups is 1. The number of benzene rings is 1. The zero-order valence-electron chi connectivity index (χ0n) is 10.8. The molecule has 7 heteroatoms. The molecule has 0 fully saturated rings. The number of hydrogen-bond acceptors (Lipinski definition) is 5.